The average Bonchev–Trinajstić information content (AvgIpc) is 3.20. The molecular formula is C19H17ClN4O2S. The number of aromatic amines is 1. The van der Waals surface area contributed by atoms with E-state index in [0.29, 0.717) is 20.6 Å². The third-order valence-electron chi connectivity index (χ3n) is 4.41. The number of halogens is 1. The van der Waals surface area contributed by atoms with Crippen LogP contribution in [-0.4, -0.2) is 27.7 Å². The number of aromatic nitrogens is 2. The fourth-order valence-electron chi connectivity index (χ4n) is 2.76. The molecule has 138 valence electrons. The van der Waals surface area contributed by atoms with Crippen molar-refractivity contribution < 1.29 is 9.59 Å². The Morgan fingerprint density at radius 3 is 2.74 bits per heavy atom. The molecule has 27 heavy (non-hydrogen) atoms. The molecule has 4 N–H and O–H groups in total. The van der Waals surface area contributed by atoms with E-state index < -0.39 is 0 Å². The number of carbonyl (C=O) groups excluding carboxylic acids is 2. The summed E-state index contributed by atoms with van der Waals surface area (Å²) in [5.41, 5.74) is 8.35. The van der Waals surface area contributed by atoms with Crippen LogP contribution in [-0.2, 0) is 0 Å². The number of anilines is 1. The topological polar surface area (TPSA) is 101 Å². The van der Waals surface area contributed by atoms with E-state index in [1.54, 1.807) is 24.3 Å². The van der Waals surface area contributed by atoms with Crippen LogP contribution in [0.4, 0.5) is 5.82 Å². The van der Waals surface area contributed by atoms with Crippen LogP contribution in [0.15, 0.2) is 30.3 Å². The zero-order valence-electron chi connectivity index (χ0n) is 14.5. The number of nitrogens with two attached hydrogens (primary N) is 1. The van der Waals surface area contributed by atoms with Gasteiger partial charge in [-0.05, 0) is 49.6 Å². The number of thiophene rings is 1. The highest BCUT2D eigenvalue weighted by atomic mass is 35.5. The molecular weight excluding hydrogens is 384 g/mol. The molecule has 0 atom stereocenters. The fraction of sp³-hybridized carbons (Fsp3) is 0.211. The quantitative estimate of drug-likeness (QED) is 0.567. The standard InChI is InChI=1S/C19H17ClN4O2S/c1-9-2-3-10(19(26)22-11-4-5-11)8-12(9)18-23-15(17(21)24-18)16(25)13-6-7-14(20)27-13/h2-3,6-8,11H,4-5,21H2,1H3,(H,22,26)(H,23,24). The average molecular weight is 401 g/mol. The summed E-state index contributed by atoms with van der Waals surface area (Å²) >= 11 is 7.09. The maximum atomic E-state index is 12.6. The van der Waals surface area contributed by atoms with Gasteiger partial charge in [0.05, 0.1) is 9.21 Å². The Balaban J connectivity index is 1.67. The minimum absolute atomic E-state index is 0.109. The van der Waals surface area contributed by atoms with Gasteiger partial charge >= 0.3 is 0 Å². The largest absolute Gasteiger partial charge is 0.383 e. The van der Waals surface area contributed by atoms with E-state index in [9.17, 15) is 9.59 Å². The summed E-state index contributed by atoms with van der Waals surface area (Å²) in [6.45, 7) is 1.91. The van der Waals surface area contributed by atoms with Gasteiger partial charge in [0, 0.05) is 17.2 Å². The molecule has 0 bridgehead atoms. The second-order valence-electron chi connectivity index (χ2n) is 6.56. The van der Waals surface area contributed by atoms with Crippen LogP contribution in [0.3, 0.4) is 0 Å². The zero-order chi connectivity index (χ0) is 19.1. The van der Waals surface area contributed by atoms with Gasteiger partial charge in [-0.3, -0.25) is 9.59 Å². The number of benzene rings is 1. The molecule has 3 aromatic rings. The van der Waals surface area contributed by atoms with Crippen LogP contribution in [0.25, 0.3) is 11.4 Å². The molecule has 1 aromatic carbocycles. The maximum absolute atomic E-state index is 12.6. The minimum Gasteiger partial charge on any atom is -0.383 e. The Kier molecular flexibility index (Phi) is 4.49. The normalized spacial score (nSPS) is 13.6. The first kappa shape index (κ1) is 17.8. The molecule has 1 saturated carbocycles. The van der Waals surface area contributed by atoms with Crippen molar-refractivity contribution in [2.24, 2.45) is 0 Å². The highest BCUT2D eigenvalue weighted by molar-refractivity contribution is 7.18. The van der Waals surface area contributed by atoms with Crippen molar-refractivity contribution in [3.8, 4) is 11.4 Å². The van der Waals surface area contributed by atoms with Gasteiger partial charge in [-0.1, -0.05) is 17.7 Å². The monoisotopic (exact) mass is 400 g/mol. The van der Waals surface area contributed by atoms with E-state index >= 15 is 0 Å². The Morgan fingerprint density at radius 1 is 1.30 bits per heavy atom. The smallest absolute Gasteiger partial charge is 0.251 e. The number of aryl methyl sites for hydroxylation is 1. The third kappa shape index (κ3) is 3.61. The van der Waals surface area contributed by atoms with Gasteiger partial charge in [0.1, 0.15) is 11.6 Å². The summed E-state index contributed by atoms with van der Waals surface area (Å²) in [4.78, 5) is 32.8. The Morgan fingerprint density at radius 2 is 2.07 bits per heavy atom. The number of H-pyrrole nitrogens is 1. The van der Waals surface area contributed by atoms with Gasteiger partial charge in [-0.25, -0.2) is 4.98 Å². The molecule has 0 aliphatic heterocycles. The van der Waals surface area contributed by atoms with Crippen LogP contribution in [0.5, 0.6) is 0 Å². The molecule has 1 aliphatic rings. The lowest BCUT2D eigenvalue weighted by Crippen LogP contribution is -2.25. The van der Waals surface area contributed by atoms with Crippen molar-refractivity contribution >= 4 is 40.4 Å². The number of amides is 1. The summed E-state index contributed by atoms with van der Waals surface area (Å²) < 4.78 is 0.526. The molecule has 1 amide bonds. The van der Waals surface area contributed by atoms with Crippen molar-refractivity contribution in [1.29, 1.82) is 0 Å². The summed E-state index contributed by atoms with van der Waals surface area (Å²) in [6, 6.07) is 9.00. The lowest BCUT2D eigenvalue weighted by molar-refractivity contribution is 0.0950. The van der Waals surface area contributed by atoms with Crippen LogP contribution in [0.1, 0.15) is 44.1 Å². The van der Waals surface area contributed by atoms with Crippen molar-refractivity contribution in [3.63, 3.8) is 0 Å². The summed E-state index contributed by atoms with van der Waals surface area (Å²) in [7, 11) is 0. The van der Waals surface area contributed by atoms with E-state index in [-0.39, 0.29) is 29.2 Å². The first-order valence-electron chi connectivity index (χ1n) is 8.50. The van der Waals surface area contributed by atoms with Gasteiger partial charge in [-0.15, -0.1) is 11.3 Å². The van der Waals surface area contributed by atoms with Crippen molar-refractivity contribution in [3.05, 3.63) is 56.4 Å². The summed E-state index contributed by atoms with van der Waals surface area (Å²) in [5.74, 6) is 0.249. The first-order chi connectivity index (χ1) is 12.9. The second kappa shape index (κ2) is 6.83. The number of imidazole rings is 1. The molecule has 4 rings (SSSR count). The Bertz CT molecular complexity index is 1050. The zero-order valence-corrected chi connectivity index (χ0v) is 16.1. The van der Waals surface area contributed by atoms with E-state index in [2.05, 4.69) is 15.3 Å². The molecule has 2 aromatic heterocycles. The number of carbonyl (C=O) groups is 2. The minimum atomic E-state index is -0.285. The number of nitrogens with one attached hydrogen (secondary N) is 2. The maximum Gasteiger partial charge on any atom is 0.251 e. The summed E-state index contributed by atoms with van der Waals surface area (Å²) in [5, 5.41) is 2.97. The molecule has 6 nitrogen and oxygen atoms in total. The van der Waals surface area contributed by atoms with Gasteiger partial charge in [0.2, 0.25) is 5.78 Å². The number of nitrogens with zero attached hydrogens (tertiary/aromatic N) is 1. The number of ketones is 1. The number of rotatable bonds is 5. The third-order valence-corrected chi connectivity index (χ3v) is 5.64. The molecule has 1 fully saturated rings. The molecule has 8 heteroatoms. The van der Waals surface area contributed by atoms with Gasteiger partial charge in [-0.2, -0.15) is 0 Å². The van der Waals surface area contributed by atoms with E-state index in [4.69, 9.17) is 17.3 Å². The Labute approximate surface area is 164 Å². The molecule has 0 unspecified atom stereocenters. The van der Waals surface area contributed by atoms with E-state index in [1.807, 2.05) is 13.0 Å². The number of hydrogen-bond donors (Lipinski definition) is 3. The van der Waals surface area contributed by atoms with Crippen molar-refractivity contribution in [2.75, 3.05) is 5.73 Å². The number of hydrogen-bond acceptors (Lipinski definition) is 5. The molecule has 0 spiro atoms. The van der Waals surface area contributed by atoms with Gasteiger partial charge in [0.15, 0.2) is 5.69 Å². The predicted molar refractivity (Wildman–Crippen MR) is 106 cm³/mol. The summed E-state index contributed by atoms with van der Waals surface area (Å²) in [6.07, 6.45) is 2.05. The predicted octanol–water partition coefficient (Wildman–Crippen LogP) is 3.81. The van der Waals surface area contributed by atoms with Crippen LogP contribution in [0, 0.1) is 6.92 Å². The highest BCUT2D eigenvalue weighted by Crippen LogP contribution is 2.29. The second-order valence-corrected chi connectivity index (χ2v) is 8.27. The van der Waals surface area contributed by atoms with Crippen molar-refractivity contribution in [2.45, 2.75) is 25.8 Å². The van der Waals surface area contributed by atoms with Crippen LogP contribution in [0.2, 0.25) is 4.34 Å². The Hall–Kier alpha value is -2.64. The van der Waals surface area contributed by atoms with Crippen LogP contribution >= 0.6 is 22.9 Å². The highest BCUT2D eigenvalue weighted by Gasteiger charge is 2.25. The molecule has 0 radical (unpaired) electrons. The van der Waals surface area contributed by atoms with Gasteiger partial charge in [0.25, 0.3) is 5.91 Å². The molecule has 1 aliphatic carbocycles. The first-order valence-corrected chi connectivity index (χ1v) is 9.69. The SMILES string of the molecule is Cc1ccc(C(=O)NC2CC2)cc1-c1nc(C(=O)c2ccc(Cl)s2)c(N)[nH]1. The van der Waals surface area contributed by atoms with E-state index in [0.717, 1.165) is 24.0 Å². The molecule has 2 heterocycles. The lowest BCUT2D eigenvalue weighted by Gasteiger charge is -2.07. The van der Waals surface area contributed by atoms with Gasteiger partial charge < -0.3 is 16.0 Å². The lowest BCUT2D eigenvalue weighted by atomic mass is 10.0. The van der Waals surface area contributed by atoms with Crippen LogP contribution < -0.4 is 11.1 Å². The fourth-order valence-corrected chi connectivity index (χ4v) is 3.74. The van der Waals surface area contributed by atoms with Crippen molar-refractivity contribution in [1.82, 2.24) is 15.3 Å². The molecule has 0 saturated heterocycles. The number of nitrogen functional groups attached to an aromatic ring is 1. The van der Waals surface area contributed by atoms with E-state index in [1.165, 1.54) is 11.3 Å².